The average Bonchev–Trinajstić information content (AvgIpc) is 2.25. The van der Waals surface area contributed by atoms with Gasteiger partial charge in [0.2, 0.25) is 0 Å². The molecule has 0 aliphatic rings. The summed E-state index contributed by atoms with van der Waals surface area (Å²) in [7, 11) is -3.44. The smallest absolute Gasteiger partial charge is 0.181 e. The first-order chi connectivity index (χ1) is 8.72. The molecule has 0 aliphatic heterocycles. The summed E-state index contributed by atoms with van der Waals surface area (Å²) in [5.74, 6) is -0.253. The Balaban J connectivity index is 2.81. The molecule has 0 aliphatic carbocycles. The lowest BCUT2D eigenvalue weighted by atomic mass is 10.2. The lowest BCUT2D eigenvalue weighted by molar-refractivity contribution is 0.190. The fraction of sp³-hybridized carbons (Fsp3) is 0.571. The summed E-state index contributed by atoms with van der Waals surface area (Å²) in [6.45, 7) is 7.88. The molecule has 1 unspecified atom stereocenters. The number of hydrogen-bond donors (Lipinski definition) is 2. The van der Waals surface area contributed by atoms with Crippen LogP contribution in [0.25, 0.3) is 0 Å². The summed E-state index contributed by atoms with van der Waals surface area (Å²) in [6.07, 6.45) is -0.895. The molecule has 0 fully saturated rings. The first kappa shape index (κ1) is 16.1. The van der Waals surface area contributed by atoms with Crippen molar-refractivity contribution in [2.24, 2.45) is 0 Å². The van der Waals surface area contributed by atoms with Crippen molar-refractivity contribution in [1.82, 2.24) is 5.32 Å². The maximum absolute atomic E-state index is 12.2. The Bertz CT molecular complexity index is 523. The first-order valence-corrected chi connectivity index (χ1v) is 8.09. The van der Waals surface area contributed by atoms with E-state index in [0.29, 0.717) is 4.90 Å². The summed E-state index contributed by atoms with van der Waals surface area (Å²) >= 11 is 0. The summed E-state index contributed by atoms with van der Waals surface area (Å²) in [5, 5.41) is 12.8. The van der Waals surface area contributed by atoms with Crippen LogP contribution in [0.3, 0.4) is 0 Å². The van der Waals surface area contributed by atoms with Crippen molar-refractivity contribution >= 4 is 9.84 Å². The number of nitrogens with one attached hydrogen (secondary N) is 1. The number of aryl methyl sites for hydroxylation is 2. The zero-order chi connectivity index (χ0) is 14.6. The molecule has 0 heterocycles. The van der Waals surface area contributed by atoms with Gasteiger partial charge in [-0.2, -0.15) is 0 Å². The molecule has 108 valence electrons. The van der Waals surface area contributed by atoms with Crippen LogP contribution in [-0.2, 0) is 9.84 Å². The second-order valence-corrected chi connectivity index (χ2v) is 7.27. The molecule has 1 rings (SSSR count). The SMILES string of the molecule is Cc1ccc(S(=O)(=O)CC(O)CNC(C)C)c(C)c1. The lowest BCUT2D eigenvalue weighted by Gasteiger charge is -2.15. The molecule has 0 spiro atoms. The van der Waals surface area contributed by atoms with Crippen LogP contribution >= 0.6 is 0 Å². The minimum absolute atomic E-state index is 0.221. The largest absolute Gasteiger partial charge is 0.391 e. The molecule has 0 radical (unpaired) electrons. The highest BCUT2D eigenvalue weighted by atomic mass is 32.2. The monoisotopic (exact) mass is 285 g/mol. The third-order valence-corrected chi connectivity index (χ3v) is 4.79. The van der Waals surface area contributed by atoms with E-state index in [2.05, 4.69) is 5.32 Å². The van der Waals surface area contributed by atoms with Gasteiger partial charge in [0, 0.05) is 12.6 Å². The van der Waals surface area contributed by atoms with Crippen LogP contribution in [0.15, 0.2) is 23.1 Å². The normalized spacial score (nSPS) is 13.8. The third-order valence-electron chi connectivity index (χ3n) is 2.84. The molecule has 0 saturated heterocycles. The molecule has 1 atom stereocenters. The summed E-state index contributed by atoms with van der Waals surface area (Å²) in [6, 6.07) is 5.45. The second kappa shape index (κ2) is 6.50. The molecule has 0 amide bonds. The van der Waals surface area contributed by atoms with Gasteiger partial charge in [0.1, 0.15) is 0 Å². The van der Waals surface area contributed by atoms with Crippen LogP contribution in [0.2, 0.25) is 0 Å². The fourth-order valence-electron chi connectivity index (χ4n) is 1.92. The Morgan fingerprint density at radius 3 is 2.42 bits per heavy atom. The standard InChI is InChI=1S/C14H23NO3S/c1-10(2)15-8-13(16)9-19(17,18)14-6-5-11(3)7-12(14)4/h5-7,10,13,15-16H,8-9H2,1-4H3. The van der Waals surface area contributed by atoms with Gasteiger partial charge in [0.15, 0.2) is 9.84 Å². The Kier molecular flexibility index (Phi) is 5.52. The van der Waals surface area contributed by atoms with Crippen molar-refractivity contribution in [3.05, 3.63) is 29.3 Å². The van der Waals surface area contributed by atoms with Crippen molar-refractivity contribution in [3.63, 3.8) is 0 Å². The van der Waals surface area contributed by atoms with E-state index in [1.807, 2.05) is 26.8 Å². The van der Waals surface area contributed by atoms with Gasteiger partial charge in [-0.25, -0.2) is 8.42 Å². The zero-order valence-corrected chi connectivity index (χ0v) is 12.8. The van der Waals surface area contributed by atoms with Gasteiger partial charge >= 0.3 is 0 Å². The fourth-order valence-corrected chi connectivity index (χ4v) is 3.55. The molecule has 0 bridgehead atoms. The maximum Gasteiger partial charge on any atom is 0.181 e. The predicted molar refractivity (Wildman–Crippen MR) is 77.1 cm³/mol. The highest BCUT2D eigenvalue weighted by molar-refractivity contribution is 7.91. The molecular formula is C14H23NO3S. The Hall–Kier alpha value is -0.910. The Morgan fingerprint density at radius 2 is 1.89 bits per heavy atom. The van der Waals surface area contributed by atoms with E-state index < -0.39 is 15.9 Å². The summed E-state index contributed by atoms with van der Waals surface area (Å²) in [4.78, 5) is 0.307. The number of benzene rings is 1. The van der Waals surface area contributed by atoms with E-state index in [4.69, 9.17) is 0 Å². The molecule has 4 nitrogen and oxygen atoms in total. The van der Waals surface area contributed by atoms with Gasteiger partial charge in [-0.05, 0) is 25.5 Å². The molecular weight excluding hydrogens is 262 g/mol. The van der Waals surface area contributed by atoms with E-state index in [1.165, 1.54) is 0 Å². The molecule has 1 aromatic rings. The van der Waals surface area contributed by atoms with Crippen LogP contribution in [0, 0.1) is 13.8 Å². The van der Waals surface area contributed by atoms with E-state index >= 15 is 0 Å². The van der Waals surface area contributed by atoms with Crippen molar-refractivity contribution in [1.29, 1.82) is 0 Å². The molecule has 5 heteroatoms. The Labute approximate surface area is 115 Å². The number of sulfone groups is 1. The van der Waals surface area contributed by atoms with Gasteiger partial charge in [-0.3, -0.25) is 0 Å². The van der Waals surface area contributed by atoms with Crippen LogP contribution in [0.5, 0.6) is 0 Å². The van der Waals surface area contributed by atoms with Crippen LogP contribution in [0.4, 0.5) is 0 Å². The number of hydrogen-bond acceptors (Lipinski definition) is 4. The highest BCUT2D eigenvalue weighted by Crippen LogP contribution is 2.18. The summed E-state index contributed by atoms with van der Waals surface area (Å²) < 4.78 is 24.5. The van der Waals surface area contributed by atoms with E-state index in [1.54, 1.807) is 19.1 Å². The maximum atomic E-state index is 12.2. The average molecular weight is 285 g/mol. The van der Waals surface area contributed by atoms with E-state index in [9.17, 15) is 13.5 Å². The summed E-state index contributed by atoms with van der Waals surface area (Å²) in [5.41, 5.74) is 1.75. The van der Waals surface area contributed by atoms with Gasteiger partial charge in [0.25, 0.3) is 0 Å². The zero-order valence-electron chi connectivity index (χ0n) is 12.0. The second-order valence-electron chi connectivity index (χ2n) is 5.27. The minimum atomic E-state index is -3.44. The predicted octanol–water partition coefficient (Wildman–Crippen LogP) is 1.44. The van der Waals surface area contributed by atoms with Crippen LogP contribution in [0.1, 0.15) is 25.0 Å². The first-order valence-electron chi connectivity index (χ1n) is 6.44. The van der Waals surface area contributed by atoms with Gasteiger partial charge < -0.3 is 10.4 Å². The van der Waals surface area contributed by atoms with Crippen molar-refractivity contribution in [2.45, 2.75) is 44.7 Å². The number of aliphatic hydroxyl groups excluding tert-OH is 1. The minimum Gasteiger partial charge on any atom is -0.391 e. The van der Waals surface area contributed by atoms with Crippen molar-refractivity contribution in [2.75, 3.05) is 12.3 Å². The van der Waals surface area contributed by atoms with E-state index in [-0.39, 0.29) is 18.3 Å². The quantitative estimate of drug-likeness (QED) is 0.830. The van der Waals surface area contributed by atoms with Crippen LogP contribution in [-0.4, -0.2) is 38.0 Å². The Morgan fingerprint density at radius 1 is 1.26 bits per heavy atom. The topological polar surface area (TPSA) is 66.4 Å². The van der Waals surface area contributed by atoms with E-state index in [0.717, 1.165) is 11.1 Å². The third kappa shape index (κ3) is 4.93. The van der Waals surface area contributed by atoms with Crippen molar-refractivity contribution < 1.29 is 13.5 Å². The number of rotatable bonds is 6. The molecule has 0 aromatic heterocycles. The highest BCUT2D eigenvalue weighted by Gasteiger charge is 2.21. The van der Waals surface area contributed by atoms with Gasteiger partial charge in [0.05, 0.1) is 16.8 Å². The molecule has 2 N–H and O–H groups in total. The van der Waals surface area contributed by atoms with Crippen LogP contribution < -0.4 is 5.32 Å². The van der Waals surface area contributed by atoms with Crippen molar-refractivity contribution in [3.8, 4) is 0 Å². The van der Waals surface area contributed by atoms with Gasteiger partial charge in [-0.1, -0.05) is 31.5 Å². The molecule has 0 saturated carbocycles. The molecule has 19 heavy (non-hydrogen) atoms. The lowest BCUT2D eigenvalue weighted by Crippen LogP contribution is -2.36. The number of aliphatic hydroxyl groups is 1. The molecule has 1 aromatic carbocycles. The van der Waals surface area contributed by atoms with Gasteiger partial charge in [-0.15, -0.1) is 0 Å².